The van der Waals surface area contributed by atoms with Crippen molar-refractivity contribution in [3.8, 4) is 17.2 Å². The zero-order chi connectivity index (χ0) is 27.1. The SMILES string of the molecule is O=C(NC1CC(O)CC(n2c(-c3ccccc3F)nc3cnc(-n4nccn4)cc32)C1)c1ncc(C(F)F)s1. The molecule has 4 aromatic heterocycles. The average molecular weight is 555 g/mol. The van der Waals surface area contributed by atoms with Gasteiger partial charge in [0, 0.05) is 24.3 Å². The number of fused-ring (bicyclic) bond motifs is 1. The normalized spacial score (nSPS) is 19.6. The van der Waals surface area contributed by atoms with E-state index in [0.29, 0.717) is 46.9 Å². The summed E-state index contributed by atoms with van der Waals surface area (Å²) in [5, 5.41) is 21.8. The minimum absolute atomic E-state index is 0.0792. The summed E-state index contributed by atoms with van der Waals surface area (Å²) in [6.07, 6.45) is 3.04. The molecule has 0 saturated heterocycles. The van der Waals surface area contributed by atoms with Crippen LogP contribution in [-0.2, 0) is 0 Å². The maximum absolute atomic E-state index is 15.0. The minimum atomic E-state index is -2.72. The highest BCUT2D eigenvalue weighted by atomic mass is 32.1. The van der Waals surface area contributed by atoms with Crippen LogP contribution >= 0.6 is 11.3 Å². The number of alkyl halides is 2. The molecule has 1 aromatic carbocycles. The first-order valence-electron chi connectivity index (χ1n) is 12.1. The van der Waals surface area contributed by atoms with E-state index in [1.165, 1.54) is 23.3 Å². The standard InChI is InChI=1S/C25H21F3N8O2S/c26-17-4-2-1-3-16(17)23-34-18-11-29-21(36-31-5-6-32-36)10-19(18)35(23)14-7-13(8-15(37)9-14)33-24(38)25-30-12-20(39-25)22(27)28/h1-6,10-15,22,37H,7-9H2,(H,33,38). The summed E-state index contributed by atoms with van der Waals surface area (Å²) in [5.41, 5.74) is 1.41. The van der Waals surface area contributed by atoms with E-state index in [1.54, 1.807) is 30.5 Å². The van der Waals surface area contributed by atoms with Gasteiger partial charge in [-0.25, -0.2) is 28.1 Å². The van der Waals surface area contributed by atoms with Crippen LogP contribution < -0.4 is 5.32 Å². The number of benzene rings is 1. The van der Waals surface area contributed by atoms with Crippen LogP contribution in [0, 0.1) is 5.82 Å². The highest BCUT2D eigenvalue weighted by molar-refractivity contribution is 7.13. The number of imidazole rings is 1. The lowest BCUT2D eigenvalue weighted by molar-refractivity contribution is 0.0747. The van der Waals surface area contributed by atoms with Gasteiger partial charge in [-0.3, -0.25) is 4.79 Å². The fourth-order valence-electron chi connectivity index (χ4n) is 4.96. The van der Waals surface area contributed by atoms with Crippen molar-refractivity contribution >= 4 is 28.3 Å². The van der Waals surface area contributed by atoms with Crippen LogP contribution in [0.2, 0.25) is 0 Å². The molecular formula is C25H21F3N8O2S. The Morgan fingerprint density at radius 3 is 2.64 bits per heavy atom. The topological polar surface area (TPSA) is 124 Å². The summed E-state index contributed by atoms with van der Waals surface area (Å²) in [6.45, 7) is 0. The van der Waals surface area contributed by atoms with Crippen molar-refractivity contribution in [3.05, 3.63) is 70.8 Å². The summed E-state index contributed by atoms with van der Waals surface area (Å²) >= 11 is 0.627. The van der Waals surface area contributed by atoms with E-state index in [-0.39, 0.29) is 21.9 Å². The predicted molar refractivity (Wildman–Crippen MR) is 135 cm³/mol. The van der Waals surface area contributed by atoms with Gasteiger partial charge in [-0.2, -0.15) is 10.2 Å². The smallest absolute Gasteiger partial charge is 0.280 e. The molecule has 5 aromatic rings. The van der Waals surface area contributed by atoms with Crippen LogP contribution in [0.15, 0.2) is 55.1 Å². The van der Waals surface area contributed by atoms with E-state index < -0.39 is 36.3 Å². The molecule has 10 nitrogen and oxygen atoms in total. The first-order chi connectivity index (χ1) is 18.9. The predicted octanol–water partition coefficient (Wildman–Crippen LogP) is 4.10. The third-order valence-electron chi connectivity index (χ3n) is 6.59. The van der Waals surface area contributed by atoms with Crippen molar-refractivity contribution in [2.24, 2.45) is 0 Å². The summed E-state index contributed by atoms with van der Waals surface area (Å²) in [6, 6.07) is 7.11. The molecule has 0 spiro atoms. The van der Waals surface area contributed by atoms with Crippen molar-refractivity contribution in [2.45, 2.75) is 43.9 Å². The zero-order valence-corrected chi connectivity index (χ0v) is 21.0. The molecule has 3 unspecified atom stereocenters. The van der Waals surface area contributed by atoms with Gasteiger partial charge >= 0.3 is 0 Å². The van der Waals surface area contributed by atoms with Gasteiger partial charge in [-0.1, -0.05) is 12.1 Å². The molecule has 6 rings (SSSR count). The molecule has 1 aliphatic carbocycles. The molecule has 39 heavy (non-hydrogen) atoms. The van der Waals surface area contributed by atoms with Gasteiger partial charge in [-0.15, -0.1) is 16.1 Å². The molecule has 1 aliphatic rings. The van der Waals surface area contributed by atoms with E-state index in [0.717, 1.165) is 6.20 Å². The summed E-state index contributed by atoms with van der Waals surface area (Å²) < 4.78 is 42.8. The van der Waals surface area contributed by atoms with Crippen molar-refractivity contribution in [1.82, 2.24) is 39.8 Å². The molecule has 0 radical (unpaired) electrons. The summed E-state index contributed by atoms with van der Waals surface area (Å²) in [7, 11) is 0. The van der Waals surface area contributed by atoms with Crippen LogP contribution in [0.4, 0.5) is 13.2 Å². The molecule has 1 amide bonds. The van der Waals surface area contributed by atoms with Crippen molar-refractivity contribution in [2.75, 3.05) is 0 Å². The molecule has 3 atom stereocenters. The lowest BCUT2D eigenvalue weighted by Gasteiger charge is -2.34. The summed E-state index contributed by atoms with van der Waals surface area (Å²) in [4.78, 5) is 26.7. The Morgan fingerprint density at radius 2 is 1.90 bits per heavy atom. The van der Waals surface area contributed by atoms with E-state index in [1.807, 2.05) is 4.57 Å². The van der Waals surface area contributed by atoms with Crippen LogP contribution in [0.3, 0.4) is 0 Å². The maximum Gasteiger partial charge on any atom is 0.280 e. The lowest BCUT2D eigenvalue weighted by Crippen LogP contribution is -2.43. The van der Waals surface area contributed by atoms with E-state index in [4.69, 9.17) is 0 Å². The van der Waals surface area contributed by atoms with Gasteiger partial charge in [0.2, 0.25) is 0 Å². The molecule has 4 heterocycles. The number of pyridine rings is 1. The van der Waals surface area contributed by atoms with Gasteiger partial charge in [0.1, 0.15) is 17.2 Å². The monoisotopic (exact) mass is 554 g/mol. The van der Waals surface area contributed by atoms with Gasteiger partial charge in [-0.05, 0) is 31.4 Å². The first kappa shape index (κ1) is 25.1. The number of hydrogen-bond acceptors (Lipinski definition) is 8. The van der Waals surface area contributed by atoms with Crippen LogP contribution in [0.1, 0.15) is 46.4 Å². The number of rotatable bonds is 6. The number of nitrogens with one attached hydrogen (secondary N) is 1. The Labute approximate surface area is 223 Å². The van der Waals surface area contributed by atoms with E-state index in [2.05, 4.69) is 30.5 Å². The zero-order valence-electron chi connectivity index (χ0n) is 20.2. The van der Waals surface area contributed by atoms with Gasteiger partial charge in [0.05, 0.1) is 40.7 Å². The second kappa shape index (κ2) is 10.2. The number of halogens is 3. The first-order valence-corrected chi connectivity index (χ1v) is 12.9. The molecule has 0 aliphatic heterocycles. The largest absolute Gasteiger partial charge is 0.393 e. The number of amides is 1. The number of aromatic nitrogens is 7. The highest BCUT2D eigenvalue weighted by Crippen LogP contribution is 2.37. The number of aliphatic hydroxyl groups excluding tert-OH is 1. The molecule has 0 bridgehead atoms. The van der Waals surface area contributed by atoms with E-state index in [9.17, 15) is 23.1 Å². The van der Waals surface area contributed by atoms with Crippen LogP contribution in [0.25, 0.3) is 28.2 Å². The van der Waals surface area contributed by atoms with Crippen molar-refractivity contribution in [1.29, 1.82) is 0 Å². The quantitative estimate of drug-likeness (QED) is 0.324. The Morgan fingerprint density at radius 1 is 1.10 bits per heavy atom. The number of aliphatic hydroxyl groups is 1. The fourth-order valence-corrected chi connectivity index (χ4v) is 5.64. The number of nitrogens with zero attached hydrogens (tertiary/aromatic N) is 7. The van der Waals surface area contributed by atoms with Gasteiger partial charge in [0.25, 0.3) is 12.3 Å². The molecule has 14 heteroatoms. The van der Waals surface area contributed by atoms with Crippen molar-refractivity contribution in [3.63, 3.8) is 0 Å². The summed E-state index contributed by atoms with van der Waals surface area (Å²) in [5.74, 6) is -0.281. The molecular weight excluding hydrogens is 533 g/mol. The van der Waals surface area contributed by atoms with Crippen LogP contribution in [0.5, 0.6) is 0 Å². The third-order valence-corrected chi connectivity index (χ3v) is 7.59. The highest BCUT2D eigenvalue weighted by Gasteiger charge is 2.33. The molecule has 1 fully saturated rings. The van der Waals surface area contributed by atoms with Gasteiger partial charge < -0.3 is 15.0 Å². The Balaban J connectivity index is 1.38. The van der Waals surface area contributed by atoms with Crippen molar-refractivity contribution < 1.29 is 23.1 Å². The number of carbonyl (C=O) groups excluding carboxylic acids is 1. The molecule has 1 saturated carbocycles. The lowest BCUT2D eigenvalue weighted by atomic mass is 9.88. The number of hydrogen-bond donors (Lipinski definition) is 2. The minimum Gasteiger partial charge on any atom is -0.393 e. The maximum atomic E-state index is 15.0. The van der Waals surface area contributed by atoms with Crippen LogP contribution in [-0.4, -0.2) is 57.7 Å². The fraction of sp³-hybridized carbons (Fsp3) is 0.280. The third kappa shape index (κ3) is 4.88. The Bertz CT molecular complexity index is 1640. The Hall–Kier alpha value is -4.17. The average Bonchev–Trinajstić information content (AvgIpc) is 3.68. The molecule has 200 valence electrons. The second-order valence-electron chi connectivity index (χ2n) is 9.19. The van der Waals surface area contributed by atoms with Gasteiger partial charge in [0.15, 0.2) is 10.8 Å². The number of thiazole rings is 1. The number of carbonyl (C=O) groups is 1. The second-order valence-corrected chi connectivity index (χ2v) is 10.3. The Kier molecular flexibility index (Phi) is 6.56. The molecule has 2 N–H and O–H groups in total. The van der Waals surface area contributed by atoms with E-state index >= 15 is 0 Å².